The molecule has 142 valence electrons. The number of benzene rings is 2. The summed E-state index contributed by atoms with van der Waals surface area (Å²) in [7, 11) is 0. The Kier molecular flexibility index (Phi) is 6.24. The summed E-state index contributed by atoms with van der Waals surface area (Å²) in [5, 5.41) is 2.94. The van der Waals surface area contributed by atoms with E-state index in [-0.39, 0.29) is 24.5 Å². The Balaban J connectivity index is 1.72. The summed E-state index contributed by atoms with van der Waals surface area (Å²) in [5.74, 6) is -0.354. The number of aryl methyl sites for hydroxylation is 1. The molecule has 27 heavy (non-hydrogen) atoms. The average molecular weight is 366 g/mol. The van der Waals surface area contributed by atoms with Gasteiger partial charge in [0.05, 0.1) is 6.10 Å². The van der Waals surface area contributed by atoms with Crippen LogP contribution in [0.25, 0.3) is 0 Å². The monoisotopic (exact) mass is 366 g/mol. The van der Waals surface area contributed by atoms with Gasteiger partial charge >= 0.3 is 0 Å². The number of nitrogens with one attached hydrogen (secondary N) is 1. The Morgan fingerprint density at radius 1 is 1.11 bits per heavy atom. The molecule has 5 nitrogen and oxygen atoms in total. The van der Waals surface area contributed by atoms with Gasteiger partial charge in [0.15, 0.2) is 0 Å². The maximum atomic E-state index is 12.9. The third kappa shape index (κ3) is 4.95. The molecule has 2 aromatic carbocycles. The van der Waals surface area contributed by atoms with Crippen LogP contribution in [-0.4, -0.2) is 42.5 Å². The van der Waals surface area contributed by atoms with E-state index in [9.17, 15) is 9.59 Å². The third-order valence-corrected chi connectivity index (χ3v) is 4.97. The fourth-order valence-electron chi connectivity index (χ4n) is 3.27. The van der Waals surface area contributed by atoms with Crippen LogP contribution in [0, 0.1) is 13.8 Å². The number of carbonyl (C=O) groups excluding carboxylic acids is 2. The first-order valence-corrected chi connectivity index (χ1v) is 9.36. The number of hydrogen-bond acceptors (Lipinski definition) is 3. The maximum absolute atomic E-state index is 12.9. The van der Waals surface area contributed by atoms with E-state index in [1.807, 2.05) is 50.2 Å². The lowest BCUT2D eigenvalue weighted by atomic mass is 10.1. The van der Waals surface area contributed by atoms with Crippen LogP contribution in [0.3, 0.4) is 0 Å². The number of hydrogen-bond donors (Lipinski definition) is 1. The fourth-order valence-corrected chi connectivity index (χ4v) is 3.27. The SMILES string of the molecule is Cc1cccc(NC(=O)CN(CC2CCCO2)C(=O)c2ccccc2)c1C. The quantitative estimate of drug-likeness (QED) is 0.850. The Bertz CT molecular complexity index is 798. The van der Waals surface area contributed by atoms with Gasteiger partial charge in [0.2, 0.25) is 5.91 Å². The molecule has 1 unspecified atom stereocenters. The number of amides is 2. The molecule has 0 aliphatic carbocycles. The minimum absolute atomic E-state index is 0.000962. The van der Waals surface area contributed by atoms with E-state index in [2.05, 4.69) is 5.32 Å². The lowest BCUT2D eigenvalue weighted by molar-refractivity contribution is -0.117. The van der Waals surface area contributed by atoms with Crippen molar-refractivity contribution < 1.29 is 14.3 Å². The molecule has 0 bridgehead atoms. The van der Waals surface area contributed by atoms with Crippen molar-refractivity contribution in [2.45, 2.75) is 32.8 Å². The summed E-state index contributed by atoms with van der Waals surface area (Å²) in [6, 6.07) is 14.9. The molecule has 0 radical (unpaired) electrons. The van der Waals surface area contributed by atoms with Crippen molar-refractivity contribution in [2.24, 2.45) is 0 Å². The van der Waals surface area contributed by atoms with E-state index in [1.165, 1.54) is 0 Å². The summed E-state index contributed by atoms with van der Waals surface area (Å²) in [6.45, 7) is 5.12. The van der Waals surface area contributed by atoms with Crippen molar-refractivity contribution in [2.75, 3.05) is 25.0 Å². The molecule has 2 aromatic rings. The fraction of sp³-hybridized carbons (Fsp3) is 0.364. The molecular formula is C22H26N2O3. The van der Waals surface area contributed by atoms with Gasteiger partial charge in [-0.3, -0.25) is 9.59 Å². The predicted molar refractivity (Wildman–Crippen MR) is 106 cm³/mol. The number of carbonyl (C=O) groups is 2. The molecule has 2 amide bonds. The van der Waals surface area contributed by atoms with E-state index in [4.69, 9.17) is 4.74 Å². The molecule has 3 rings (SSSR count). The van der Waals surface area contributed by atoms with Crippen molar-refractivity contribution in [3.63, 3.8) is 0 Å². The highest BCUT2D eigenvalue weighted by atomic mass is 16.5. The topological polar surface area (TPSA) is 58.6 Å². The highest BCUT2D eigenvalue weighted by molar-refractivity contribution is 5.99. The van der Waals surface area contributed by atoms with E-state index in [0.29, 0.717) is 18.7 Å². The molecule has 1 heterocycles. The summed E-state index contributed by atoms with van der Waals surface area (Å²) in [6.07, 6.45) is 1.90. The highest BCUT2D eigenvalue weighted by Gasteiger charge is 2.25. The van der Waals surface area contributed by atoms with Crippen molar-refractivity contribution in [1.82, 2.24) is 4.90 Å². The van der Waals surface area contributed by atoms with Crippen LogP contribution in [-0.2, 0) is 9.53 Å². The Labute approximate surface area is 160 Å². The molecule has 1 N–H and O–H groups in total. The Morgan fingerprint density at radius 2 is 1.89 bits per heavy atom. The van der Waals surface area contributed by atoms with Gasteiger partial charge in [-0.25, -0.2) is 0 Å². The number of ether oxygens (including phenoxy) is 1. The zero-order valence-electron chi connectivity index (χ0n) is 15.9. The maximum Gasteiger partial charge on any atom is 0.254 e. The lowest BCUT2D eigenvalue weighted by Gasteiger charge is -2.25. The first-order chi connectivity index (χ1) is 13.0. The predicted octanol–water partition coefficient (Wildman–Crippen LogP) is 3.56. The van der Waals surface area contributed by atoms with Gasteiger partial charge in [0.25, 0.3) is 5.91 Å². The van der Waals surface area contributed by atoms with Crippen molar-refractivity contribution >= 4 is 17.5 Å². The zero-order valence-corrected chi connectivity index (χ0v) is 15.9. The normalized spacial score (nSPS) is 16.1. The summed E-state index contributed by atoms with van der Waals surface area (Å²) < 4.78 is 5.68. The second kappa shape index (κ2) is 8.82. The van der Waals surface area contributed by atoms with Crippen LogP contribution in [0.15, 0.2) is 48.5 Å². The molecule has 1 saturated heterocycles. The summed E-state index contributed by atoms with van der Waals surface area (Å²) in [4.78, 5) is 27.2. The lowest BCUT2D eigenvalue weighted by Crippen LogP contribution is -2.42. The molecule has 0 spiro atoms. The van der Waals surface area contributed by atoms with Crippen molar-refractivity contribution in [1.29, 1.82) is 0 Å². The van der Waals surface area contributed by atoms with Gasteiger partial charge in [0, 0.05) is 24.4 Å². The minimum atomic E-state index is -0.203. The van der Waals surface area contributed by atoms with E-state index in [1.54, 1.807) is 17.0 Å². The smallest absolute Gasteiger partial charge is 0.254 e. The van der Waals surface area contributed by atoms with Crippen LogP contribution in [0.4, 0.5) is 5.69 Å². The van der Waals surface area contributed by atoms with Crippen LogP contribution >= 0.6 is 0 Å². The Hall–Kier alpha value is -2.66. The van der Waals surface area contributed by atoms with Crippen molar-refractivity contribution in [3.05, 3.63) is 65.2 Å². The second-order valence-corrected chi connectivity index (χ2v) is 6.98. The van der Waals surface area contributed by atoms with Gasteiger partial charge in [-0.15, -0.1) is 0 Å². The molecular weight excluding hydrogens is 340 g/mol. The molecule has 0 saturated carbocycles. The molecule has 5 heteroatoms. The zero-order chi connectivity index (χ0) is 19.2. The summed E-state index contributed by atoms with van der Waals surface area (Å²) in [5.41, 5.74) is 3.51. The second-order valence-electron chi connectivity index (χ2n) is 6.98. The number of nitrogens with zero attached hydrogens (tertiary/aromatic N) is 1. The molecule has 1 atom stereocenters. The van der Waals surface area contributed by atoms with Gasteiger partial charge in [-0.1, -0.05) is 30.3 Å². The van der Waals surface area contributed by atoms with Crippen LogP contribution in [0.1, 0.15) is 34.3 Å². The minimum Gasteiger partial charge on any atom is -0.376 e. The number of rotatable bonds is 6. The van der Waals surface area contributed by atoms with Crippen molar-refractivity contribution in [3.8, 4) is 0 Å². The largest absolute Gasteiger partial charge is 0.376 e. The van der Waals surface area contributed by atoms with Crippen LogP contribution < -0.4 is 5.32 Å². The van der Waals surface area contributed by atoms with E-state index >= 15 is 0 Å². The van der Waals surface area contributed by atoms with Gasteiger partial charge in [0.1, 0.15) is 6.54 Å². The average Bonchev–Trinajstić information content (AvgIpc) is 3.18. The molecule has 1 aliphatic heterocycles. The standard InChI is InChI=1S/C22H26N2O3/c1-16-8-6-12-20(17(16)2)23-21(25)15-24(14-19-11-7-13-27-19)22(26)18-9-4-3-5-10-18/h3-6,8-10,12,19H,7,11,13-15H2,1-2H3,(H,23,25). The molecule has 0 aromatic heterocycles. The highest BCUT2D eigenvalue weighted by Crippen LogP contribution is 2.19. The summed E-state index contributed by atoms with van der Waals surface area (Å²) >= 11 is 0. The van der Waals surface area contributed by atoms with Gasteiger partial charge < -0.3 is 15.0 Å². The molecule has 1 fully saturated rings. The van der Waals surface area contributed by atoms with E-state index < -0.39 is 0 Å². The first kappa shape index (κ1) is 19.1. The van der Waals surface area contributed by atoms with Gasteiger partial charge in [-0.2, -0.15) is 0 Å². The van der Waals surface area contributed by atoms with Gasteiger partial charge in [-0.05, 0) is 56.0 Å². The Morgan fingerprint density at radius 3 is 2.59 bits per heavy atom. The van der Waals surface area contributed by atoms with Crippen LogP contribution in [0.2, 0.25) is 0 Å². The van der Waals surface area contributed by atoms with E-state index in [0.717, 1.165) is 29.7 Å². The molecule has 1 aliphatic rings. The van der Waals surface area contributed by atoms with Crippen LogP contribution in [0.5, 0.6) is 0 Å². The third-order valence-electron chi connectivity index (χ3n) is 4.97. The number of anilines is 1. The first-order valence-electron chi connectivity index (χ1n) is 9.36.